The predicted molar refractivity (Wildman–Crippen MR) is 85.1 cm³/mol. The average Bonchev–Trinajstić information content (AvgIpc) is 3.12. The zero-order valence-corrected chi connectivity index (χ0v) is 13.4. The van der Waals surface area contributed by atoms with Crippen LogP contribution in [0, 0.1) is 0 Å². The van der Waals surface area contributed by atoms with Crippen LogP contribution in [-0.4, -0.2) is 60.6 Å². The molecule has 3 heteroatoms. The highest BCUT2D eigenvalue weighted by Crippen LogP contribution is 2.28. The van der Waals surface area contributed by atoms with Crippen LogP contribution < -0.4 is 5.32 Å². The van der Waals surface area contributed by atoms with E-state index >= 15 is 0 Å². The number of rotatable bonds is 5. The van der Waals surface area contributed by atoms with E-state index < -0.39 is 0 Å². The van der Waals surface area contributed by atoms with Crippen LogP contribution in [0.25, 0.3) is 0 Å². The summed E-state index contributed by atoms with van der Waals surface area (Å²) < 4.78 is 0. The Kier molecular flexibility index (Phi) is 5.00. The summed E-state index contributed by atoms with van der Waals surface area (Å²) in [5, 5.41) is 3.83. The van der Waals surface area contributed by atoms with E-state index in [1.54, 1.807) is 0 Å². The fraction of sp³-hybridized carbons (Fsp3) is 1.00. The number of piperazine rings is 1. The molecule has 1 unspecified atom stereocenters. The first-order valence-electron chi connectivity index (χ1n) is 9.03. The molecule has 0 aromatic rings. The highest BCUT2D eigenvalue weighted by molar-refractivity contribution is 4.96. The van der Waals surface area contributed by atoms with Crippen molar-refractivity contribution in [2.45, 2.75) is 69.9 Å². The Hall–Kier alpha value is -0.120. The van der Waals surface area contributed by atoms with Crippen molar-refractivity contribution in [3.8, 4) is 0 Å². The molecule has 0 amide bonds. The minimum absolute atomic E-state index is 0.449. The Bertz CT molecular complexity index is 285. The van der Waals surface area contributed by atoms with Gasteiger partial charge in [-0.3, -0.25) is 9.80 Å². The first kappa shape index (κ1) is 14.8. The van der Waals surface area contributed by atoms with E-state index in [0.717, 1.165) is 6.04 Å². The van der Waals surface area contributed by atoms with E-state index in [2.05, 4.69) is 22.0 Å². The zero-order chi connectivity index (χ0) is 13.8. The molecule has 3 fully saturated rings. The minimum atomic E-state index is 0.449. The lowest BCUT2D eigenvalue weighted by Gasteiger charge is -2.42. The van der Waals surface area contributed by atoms with Crippen molar-refractivity contribution in [1.29, 1.82) is 0 Å². The predicted octanol–water partition coefficient (Wildman–Crippen LogP) is 2.47. The quantitative estimate of drug-likeness (QED) is 0.834. The third-order valence-electron chi connectivity index (χ3n) is 5.83. The van der Waals surface area contributed by atoms with Crippen molar-refractivity contribution in [2.75, 3.05) is 39.3 Å². The van der Waals surface area contributed by atoms with Gasteiger partial charge in [0.15, 0.2) is 0 Å². The SMILES string of the molecule is CCCC1(CN2CCN(C3CCCC3)CC2)CCCN1. The minimum Gasteiger partial charge on any atom is -0.310 e. The lowest BCUT2D eigenvalue weighted by atomic mass is 9.91. The summed E-state index contributed by atoms with van der Waals surface area (Å²) in [6.45, 7) is 10.1. The molecule has 3 nitrogen and oxygen atoms in total. The van der Waals surface area contributed by atoms with Crippen molar-refractivity contribution < 1.29 is 0 Å². The Labute approximate surface area is 125 Å². The number of nitrogens with one attached hydrogen (secondary N) is 1. The molecule has 0 aromatic carbocycles. The fourth-order valence-electron chi connectivity index (χ4n) is 4.76. The molecule has 1 saturated carbocycles. The summed E-state index contributed by atoms with van der Waals surface area (Å²) in [6.07, 6.45) is 11.3. The summed E-state index contributed by atoms with van der Waals surface area (Å²) in [5.41, 5.74) is 0.449. The van der Waals surface area contributed by atoms with Crippen LogP contribution in [0.5, 0.6) is 0 Å². The van der Waals surface area contributed by atoms with E-state index in [0.29, 0.717) is 5.54 Å². The van der Waals surface area contributed by atoms with Crippen molar-refractivity contribution in [3.05, 3.63) is 0 Å². The van der Waals surface area contributed by atoms with Crippen LogP contribution in [0.15, 0.2) is 0 Å². The van der Waals surface area contributed by atoms with Crippen LogP contribution >= 0.6 is 0 Å². The Morgan fingerprint density at radius 3 is 2.40 bits per heavy atom. The van der Waals surface area contributed by atoms with Crippen molar-refractivity contribution >= 4 is 0 Å². The normalized spacial score (nSPS) is 34.0. The number of nitrogens with zero attached hydrogens (tertiary/aromatic N) is 2. The largest absolute Gasteiger partial charge is 0.310 e. The van der Waals surface area contributed by atoms with Crippen LogP contribution in [0.3, 0.4) is 0 Å². The molecule has 1 aliphatic carbocycles. The molecule has 1 N–H and O–H groups in total. The third kappa shape index (κ3) is 3.37. The molecule has 116 valence electrons. The maximum atomic E-state index is 3.83. The first-order valence-corrected chi connectivity index (χ1v) is 9.03. The molecule has 1 atom stereocenters. The van der Waals surface area contributed by atoms with Gasteiger partial charge < -0.3 is 5.32 Å². The Morgan fingerprint density at radius 2 is 1.80 bits per heavy atom. The molecule has 3 aliphatic rings. The van der Waals surface area contributed by atoms with Crippen LogP contribution in [0.2, 0.25) is 0 Å². The molecule has 0 bridgehead atoms. The van der Waals surface area contributed by atoms with Gasteiger partial charge in [0.25, 0.3) is 0 Å². The maximum Gasteiger partial charge on any atom is 0.0309 e. The second-order valence-electron chi connectivity index (χ2n) is 7.31. The van der Waals surface area contributed by atoms with Crippen molar-refractivity contribution in [1.82, 2.24) is 15.1 Å². The lowest BCUT2D eigenvalue weighted by molar-refractivity contribution is 0.0769. The molecule has 0 radical (unpaired) electrons. The van der Waals surface area contributed by atoms with E-state index in [-0.39, 0.29) is 0 Å². The molecule has 0 aromatic heterocycles. The highest BCUT2D eigenvalue weighted by Gasteiger charge is 2.35. The molecule has 20 heavy (non-hydrogen) atoms. The first-order chi connectivity index (χ1) is 9.81. The van der Waals surface area contributed by atoms with Gasteiger partial charge in [0.1, 0.15) is 0 Å². The molecule has 2 aliphatic heterocycles. The van der Waals surface area contributed by atoms with Gasteiger partial charge in [-0.15, -0.1) is 0 Å². The van der Waals surface area contributed by atoms with Gasteiger partial charge in [-0.25, -0.2) is 0 Å². The van der Waals surface area contributed by atoms with E-state index in [4.69, 9.17) is 0 Å². The number of hydrogen-bond donors (Lipinski definition) is 1. The Morgan fingerprint density at radius 1 is 1.05 bits per heavy atom. The van der Waals surface area contributed by atoms with Gasteiger partial charge in [0.05, 0.1) is 0 Å². The standard InChI is InChI=1S/C17H33N3/c1-2-8-17(9-5-10-18-17)15-19-11-13-20(14-12-19)16-6-3-4-7-16/h16,18H,2-15H2,1H3. The monoisotopic (exact) mass is 279 g/mol. The average molecular weight is 279 g/mol. The molecule has 2 saturated heterocycles. The molecule has 2 heterocycles. The van der Waals surface area contributed by atoms with Crippen LogP contribution in [-0.2, 0) is 0 Å². The van der Waals surface area contributed by atoms with Crippen LogP contribution in [0.1, 0.15) is 58.3 Å². The topological polar surface area (TPSA) is 18.5 Å². The second kappa shape index (κ2) is 6.76. The van der Waals surface area contributed by atoms with Crippen molar-refractivity contribution in [2.24, 2.45) is 0 Å². The summed E-state index contributed by atoms with van der Waals surface area (Å²) in [5.74, 6) is 0. The van der Waals surface area contributed by atoms with Gasteiger partial charge >= 0.3 is 0 Å². The third-order valence-corrected chi connectivity index (χ3v) is 5.83. The molecular weight excluding hydrogens is 246 g/mol. The zero-order valence-electron chi connectivity index (χ0n) is 13.4. The molecular formula is C17H33N3. The Balaban J connectivity index is 1.47. The van der Waals surface area contributed by atoms with Gasteiger partial charge in [0.2, 0.25) is 0 Å². The smallest absolute Gasteiger partial charge is 0.0309 e. The summed E-state index contributed by atoms with van der Waals surface area (Å²) in [4.78, 5) is 5.51. The second-order valence-corrected chi connectivity index (χ2v) is 7.31. The lowest BCUT2D eigenvalue weighted by Crippen LogP contribution is -2.56. The summed E-state index contributed by atoms with van der Waals surface area (Å²) in [7, 11) is 0. The summed E-state index contributed by atoms with van der Waals surface area (Å²) in [6, 6.07) is 0.923. The van der Waals surface area contributed by atoms with E-state index in [1.807, 2.05) is 0 Å². The summed E-state index contributed by atoms with van der Waals surface area (Å²) >= 11 is 0. The van der Waals surface area contributed by atoms with Gasteiger partial charge in [-0.1, -0.05) is 26.2 Å². The fourth-order valence-corrected chi connectivity index (χ4v) is 4.76. The van der Waals surface area contributed by atoms with Crippen molar-refractivity contribution in [3.63, 3.8) is 0 Å². The highest BCUT2D eigenvalue weighted by atomic mass is 15.3. The van der Waals surface area contributed by atoms with E-state index in [1.165, 1.54) is 90.6 Å². The van der Waals surface area contributed by atoms with Crippen LogP contribution in [0.4, 0.5) is 0 Å². The maximum absolute atomic E-state index is 3.83. The van der Waals surface area contributed by atoms with Gasteiger partial charge in [-0.2, -0.15) is 0 Å². The van der Waals surface area contributed by atoms with Gasteiger partial charge in [0, 0.05) is 44.3 Å². The molecule has 0 spiro atoms. The number of hydrogen-bond acceptors (Lipinski definition) is 3. The molecule has 3 rings (SSSR count). The van der Waals surface area contributed by atoms with E-state index in [9.17, 15) is 0 Å². The van der Waals surface area contributed by atoms with Gasteiger partial charge in [-0.05, 0) is 38.6 Å².